The second kappa shape index (κ2) is 8.38. The van der Waals surface area contributed by atoms with Crippen LogP contribution in [-0.2, 0) is 0 Å². The van der Waals surface area contributed by atoms with Gasteiger partial charge in [-0.05, 0) is 24.3 Å². The van der Waals surface area contributed by atoms with Crippen molar-refractivity contribution in [3.8, 4) is 11.5 Å². The number of primary amides is 1. The molecule has 0 unspecified atom stereocenters. The van der Waals surface area contributed by atoms with Crippen molar-refractivity contribution in [2.45, 2.75) is 25.3 Å². The quantitative estimate of drug-likeness (QED) is 0.820. The maximum Gasteiger partial charge on any atom is 0.573 e. The summed E-state index contributed by atoms with van der Waals surface area (Å²) in [5.41, 5.74) is 5.50. The lowest BCUT2D eigenvalue weighted by molar-refractivity contribution is -0.274. The van der Waals surface area contributed by atoms with E-state index in [1.54, 1.807) is 11.0 Å². The van der Waals surface area contributed by atoms with Crippen LogP contribution in [0.4, 0.5) is 13.2 Å². The number of ether oxygens (including phenoxy) is 2. The van der Waals surface area contributed by atoms with Gasteiger partial charge in [-0.3, -0.25) is 14.6 Å². The molecule has 7 nitrogen and oxygen atoms in total. The molecule has 0 aliphatic carbocycles. The van der Waals surface area contributed by atoms with Crippen LogP contribution in [0.5, 0.6) is 11.5 Å². The highest BCUT2D eigenvalue weighted by Gasteiger charge is 2.31. The van der Waals surface area contributed by atoms with Gasteiger partial charge in [0.15, 0.2) is 0 Å². The average molecular weight is 409 g/mol. The molecule has 10 heteroatoms. The number of pyridine rings is 1. The summed E-state index contributed by atoms with van der Waals surface area (Å²) < 4.78 is 46.6. The SMILES string of the molecule is NC(=O)c1cc(C(=O)N2CCC(Oc3cccc(OC(F)(F)F)c3)CC2)ccn1. The average Bonchev–Trinajstić information content (AvgIpc) is 2.67. The van der Waals surface area contributed by atoms with E-state index in [4.69, 9.17) is 10.5 Å². The Labute approximate surface area is 164 Å². The second-order valence-corrected chi connectivity index (χ2v) is 6.43. The molecule has 2 heterocycles. The van der Waals surface area contributed by atoms with Gasteiger partial charge in [-0.15, -0.1) is 13.2 Å². The van der Waals surface area contributed by atoms with Crippen LogP contribution >= 0.6 is 0 Å². The van der Waals surface area contributed by atoms with Crippen LogP contribution < -0.4 is 15.2 Å². The maximum absolute atomic E-state index is 12.6. The highest BCUT2D eigenvalue weighted by molar-refractivity contribution is 5.98. The Kier molecular flexibility index (Phi) is 5.90. The van der Waals surface area contributed by atoms with Crippen molar-refractivity contribution in [1.29, 1.82) is 0 Å². The zero-order chi connectivity index (χ0) is 21.0. The number of piperidine rings is 1. The zero-order valence-electron chi connectivity index (χ0n) is 15.2. The molecule has 1 aliphatic heterocycles. The Balaban J connectivity index is 1.57. The fourth-order valence-electron chi connectivity index (χ4n) is 2.99. The number of hydrogen-bond acceptors (Lipinski definition) is 5. The van der Waals surface area contributed by atoms with Gasteiger partial charge < -0.3 is 20.1 Å². The molecule has 2 amide bonds. The molecule has 2 aromatic rings. The summed E-state index contributed by atoms with van der Waals surface area (Å²) in [5.74, 6) is -1.07. The molecule has 2 N–H and O–H groups in total. The Hall–Kier alpha value is -3.30. The monoisotopic (exact) mass is 409 g/mol. The summed E-state index contributed by atoms with van der Waals surface area (Å²) in [6, 6.07) is 8.17. The number of amides is 2. The van der Waals surface area contributed by atoms with Crippen molar-refractivity contribution in [2.24, 2.45) is 5.73 Å². The number of carbonyl (C=O) groups excluding carboxylic acids is 2. The minimum absolute atomic E-state index is 0.00928. The van der Waals surface area contributed by atoms with Crippen LogP contribution in [0.3, 0.4) is 0 Å². The molecule has 29 heavy (non-hydrogen) atoms. The number of halogens is 3. The van der Waals surface area contributed by atoms with Crippen LogP contribution in [0.25, 0.3) is 0 Å². The first kappa shape index (κ1) is 20.4. The van der Waals surface area contributed by atoms with Gasteiger partial charge in [-0.1, -0.05) is 6.07 Å². The van der Waals surface area contributed by atoms with Gasteiger partial charge in [-0.2, -0.15) is 0 Å². The first-order valence-corrected chi connectivity index (χ1v) is 8.79. The molecular formula is C19H18F3N3O4. The molecule has 0 spiro atoms. The van der Waals surface area contributed by atoms with E-state index in [-0.39, 0.29) is 29.2 Å². The number of alkyl halides is 3. The predicted molar refractivity (Wildman–Crippen MR) is 95.4 cm³/mol. The number of carbonyl (C=O) groups is 2. The Morgan fingerprint density at radius 1 is 1.10 bits per heavy atom. The lowest BCUT2D eigenvalue weighted by atomic mass is 10.1. The van der Waals surface area contributed by atoms with Crippen LogP contribution in [0.15, 0.2) is 42.6 Å². The third kappa shape index (κ3) is 5.59. The first-order valence-electron chi connectivity index (χ1n) is 8.79. The van der Waals surface area contributed by atoms with E-state index in [0.29, 0.717) is 31.5 Å². The van der Waals surface area contributed by atoms with Gasteiger partial charge in [0.05, 0.1) is 0 Å². The Morgan fingerprint density at radius 2 is 1.79 bits per heavy atom. The fourth-order valence-corrected chi connectivity index (χ4v) is 2.99. The highest BCUT2D eigenvalue weighted by Crippen LogP contribution is 2.28. The van der Waals surface area contributed by atoms with Crippen molar-refractivity contribution >= 4 is 11.8 Å². The van der Waals surface area contributed by atoms with E-state index in [0.717, 1.165) is 0 Å². The summed E-state index contributed by atoms with van der Waals surface area (Å²) in [6.07, 6.45) is -2.67. The van der Waals surface area contributed by atoms with Gasteiger partial charge in [0.1, 0.15) is 23.3 Å². The molecular weight excluding hydrogens is 391 g/mol. The summed E-state index contributed by atoms with van der Waals surface area (Å²) in [7, 11) is 0. The molecule has 1 aliphatic rings. The van der Waals surface area contributed by atoms with Crippen LogP contribution in [0, 0.1) is 0 Å². The molecule has 0 atom stereocenters. The highest BCUT2D eigenvalue weighted by atomic mass is 19.4. The molecule has 1 saturated heterocycles. The van der Waals surface area contributed by atoms with E-state index in [1.165, 1.54) is 36.5 Å². The molecule has 0 bridgehead atoms. The number of nitrogens with zero attached hydrogens (tertiary/aromatic N) is 2. The summed E-state index contributed by atoms with van der Waals surface area (Å²) in [5, 5.41) is 0. The van der Waals surface area contributed by atoms with Crippen molar-refractivity contribution in [2.75, 3.05) is 13.1 Å². The molecule has 154 valence electrons. The Bertz CT molecular complexity index is 896. The van der Waals surface area contributed by atoms with E-state index in [9.17, 15) is 22.8 Å². The smallest absolute Gasteiger partial charge is 0.490 e. The number of aromatic nitrogens is 1. The van der Waals surface area contributed by atoms with Crippen molar-refractivity contribution in [3.63, 3.8) is 0 Å². The molecule has 1 fully saturated rings. The number of benzene rings is 1. The van der Waals surface area contributed by atoms with Gasteiger partial charge >= 0.3 is 6.36 Å². The third-order valence-corrected chi connectivity index (χ3v) is 4.33. The minimum atomic E-state index is -4.77. The lowest BCUT2D eigenvalue weighted by Gasteiger charge is -2.32. The summed E-state index contributed by atoms with van der Waals surface area (Å²) >= 11 is 0. The molecule has 3 rings (SSSR count). The fraction of sp³-hybridized carbons (Fsp3) is 0.316. The van der Waals surface area contributed by atoms with Crippen molar-refractivity contribution in [1.82, 2.24) is 9.88 Å². The number of nitrogens with two attached hydrogens (primary N) is 1. The normalized spacial score (nSPS) is 15.1. The zero-order valence-corrected chi connectivity index (χ0v) is 15.2. The number of rotatable bonds is 5. The van der Waals surface area contributed by atoms with Crippen LogP contribution in [0.2, 0.25) is 0 Å². The number of likely N-dealkylation sites (tertiary alicyclic amines) is 1. The van der Waals surface area contributed by atoms with Gasteiger partial charge in [0.25, 0.3) is 11.8 Å². The minimum Gasteiger partial charge on any atom is -0.490 e. The summed E-state index contributed by atoms with van der Waals surface area (Å²) in [4.78, 5) is 29.2. The lowest BCUT2D eigenvalue weighted by Crippen LogP contribution is -2.41. The Morgan fingerprint density at radius 3 is 2.45 bits per heavy atom. The third-order valence-electron chi connectivity index (χ3n) is 4.33. The van der Waals surface area contributed by atoms with Gasteiger partial charge in [0, 0.05) is 43.8 Å². The molecule has 1 aromatic carbocycles. The van der Waals surface area contributed by atoms with E-state index < -0.39 is 12.3 Å². The van der Waals surface area contributed by atoms with E-state index >= 15 is 0 Å². The molecule has 1 aromatic heterocycles. The van der Waals surface area contributed by atoms with E-state index in [1.807, 2.05) is 0 Å². The molecule has 0 saturated carbocycles. The van der Waals surface area contributed by atoms with Crippen molar-refractivity contribution < 1.29 is 32.2 Å². The second-order valence-electron chi connectivity index (χ2n) is 6.43. The topological polar surface area (TPSA) is 94.8 Å². The van der Waals surface area contributed by atoms with Crippen LogP contribution in [-0.4, -0.2) is 47.3 Å². The van der Waals surface area contributed by atoms with Gasteiger partial charge in [0.2, 0.25) is 0 Å². The predicted octanol–water partition coefficient (Wildman–Crippen LogP) is 2.76. The summed E-state index contributed by atoms with van der Waals surface area (Å²) in [6.45, 7) is 0.799. The van der Waals surface area contributed by atoms with E-state index in [2.05, 4.69) is 9.72 Å². The maximum atomic E-state index is 12.6. The van der Waals surface area contributed by atoms with Gasteiger partial charge in [-0.25, -0.2) is 0 Å². The standard InChI is InChI=1S/C19H18F3N3O4/c20-19(21,22)29-15-3-1-2-14(11-15)28-13-5-8-25(9-6-13)18(27)12-4-7-24-16(10-12)17(23)26/h1-4,7,10-11,13H,5-6,8-9H2,(H2,23,26). The largest absolute Gasteiger partial charge is 0.573 e. The van der Waals surface area contributed by atoms with Crippen LogP contribution in [0.1, 0.15) is 33.7 Å². The van der Waals surface area contributed by atoms with Crippen molar-refractivity contribution in [3.05, 3.63) is 53.9 Å². The first-order chi connectivity index (χ1) is 13.7. The molecule has 0 radical (unpaired) electrons. The number of hydrogen-bond donors (Lipinski definition) is 1.